The summed E-state index contributed by atoms with van der Waals surface area (Å²) in [4.78, 5) is 27.7. The molecule has 1 amide bonds. The number of amides is 1. The molecule has 0 saturated heterocycles. The first-order chi connectivity index (χ1) is 11.6. The van der Waals surface area contributed by atoms with E-state index in [0.717, 1.165) is 0 Å². The van der Waals surface area contributed by atoms with Crippen LogP contribution in [-0.2, 0) is 9.53 Å². The van der Waals surface area contributed by atoms with Crippen molar-refractivity contribution in [1.29, 1.82) is 5.26 Å². The summed E-state index contributed by atoms with van der Waals surface area (Å²) in [5.74, 6) is -0.963. The van der Waals surface area contributed by atoms with Crippen LogP contribution in [0.3, 0.4) is 0 Å². The van der Waals surface area contributed by atoms with Gasteiger partial charge in [0.1, 0.15) is 11.6 Å². The van der Waals surface area contributed by atoms with Crippen LogP contribution in [0.25, 0.3) is 6.08 Å². The van der Waals surface area contributed by atoms with E-state index in [1.165, 1.54) is 6.08 Å². The van der Waals surface area contributed by atoms with E-state index in [4.69, 9.17) is 10.00 Å². The number of aromatic nitrogens is 1. The van der Waals surface area contributed by atoms with Crippen LogP contribution in [0, 0.1) is 11.3 Å². The zero-order valence-corrected chi connectivity index (χ0v) is 13.0. The highest BCUT2D eigenvalue weighted by Crippen LogP contribution is 2.13. The molecule has 6 nitrogen and oxygen atoms in total. The molecule has 0 aliphatic heterocycles. The molecular weight excluding hydrogens is 306 g/mol. The summed E-state index contributed by atoms with van der Waals surface area (Å²) < 4.78 is 4.89. The molecule has 0 aliphatic rings. The molecule has 1 N–H and O–H groups in total. The molecule has 0 spiro atoms. The van der Waals surface area contributed by atoms with E-state index in [1.54, 1.807) is 55.7 Å². The predicted molar refractivity (Wildman–Crippen MR) is 88.9 cm³/mol. The number of nitriles is 1. The van der Waals surface area contributed by atoms with Gasteiger partial charge in [-0.2, -0.15) is 5.26 Å². The summed E-state index contributed by atoms with van der Waals surface area (Å²) in [6.07, 6.45) is 4.61. The molecule has 0 fully saturated rings. The van der Waals surface area contributed by atoms with Crippen molar-refractivity contribution >= 4 is 23.6 Å². The van der Waals surface area contributed by atoms with Gasteiger partial charge in [0.25, 0.3) is 5.91 Å². The lowest BCUT2D eigenvalue weighted by atomic mass is 10.1. The van der Waals surface area contributed by atoms with Crippen molar-refractivity contribution in [3.05, 3.63) is 65.5 Å². The Kier molecular flexibility index (Phi) is 5.81. The van der Waals surface area contributed by atoms with E-state index >= 15 is 0 Å². The summed E-state index contributed by atoms with van der Waals surface area (Å²) >= 11 is 0. The minimum atomic E-state index is -0.537. The monoisotopic (exact) mass is 321 g/mol. The Morgan fingerprint density at radius 1 is 1.29 bits per heavy atom. The quantitative estimate of drug-likeness (QED) is 0.519. The normalized spacial score (nSPS) is 10.6. The number of carbonyl (C=O) groups is 2. The molecule has 2 rings (SSSR count). The smallest absolute Gasteiger partial charge is 0.338 e. The number of esters is 1. The van der Waals surface area contributed by atoms with Crippen LogP contribution in [0.2, 0.25) is 0 Å². The molecule has 1 heterocycles. The standard InChI is InChI=1S/C18H15N3O3/c1-2-24-18(23)14-5-7-16(8-6-14)21-17(22)15(11-19)10-13-4-3-9-20-12-13/h3-10,12H,2H2,1H3,(H,21,22)/b15-10+. The topological polar surface area (TPSA) is 92.1 Å². The minimum absolute atomic E-state index is 0.0440. The van der Waals surface area contributed by atoms with Crippen LogP contribution < -0.4 is 5.32 Å². The second kappa shape index (κ2) is 8.25. The number of hydrogen-bond donors (Lipinski definition) is 1. The van der Waals surface area contributed by atoms with Crippen molar-refractivity contribution in [1.82, 2.24) is 4.98 Å². The zero-order valence-electron chi connectivity index (χ0n) is 13.0. The van der Waals surface area contributed by atoms with Gasteiger partial charge in [-0.15, -0.1) is 0 Å². The maximum Gasteiger partial charge on any atom is 0.338 e. The zero-order chi connectivity index (χ0) is 17.4. The van der Waals surface area contributed by atoms with Gasteiger partial charge >= 0.3 is 5.97 Å². The molecule has 0 atom stereocenters. The number of benzene rings is 1. The summed E-state index contributed by atoms with van der Waals surface area (Å²) in [7, 11) is 0. The number of nitrogens with one attached hydrogen (secondary N) is 1. The molecule has 120 valence electrons. The van der Waals surface area contributed by atoms with E-state index in [1.807, 2.05) is 6.07 Å². The highest BCUT2D eigenvalue weighted by atomic mass is 16.5. The Labute approximate surface area is 139 Å². The second-order valence-corrected chi connectivity index (χ2v) is 4.71. The van der Waals surface area contributed by atoms with Gasteiger partial charge in [-0.05, 0) is 48.9 Å². The molecular formula is C18H15N3O3. The Balaban J connectivity index is 2.09. The molecule has 0 saturated carbocycles. The van der Waals surface area contributed by atoms with Crippen LogP contribution >= 0.6 is 0 Å². The Morgan fingerprint density at radius 2 is 2.04 bits per heavy atom. The number of ether oxygens (including phenoxy) is 1. The van der Waals surface area contributed by atoms with Gasteiger partial charge in [0.15, 0.2) is 0 Å². The third-order valence-corrected chi connectivity index (χ3v) is 3.01. The molecule has 1 aromatic heterocycles. The highest BCUT2D eigenvalue weighted by molar-refractivity contribution is 6.09. The third-order valence-electron chi connectivity index (χ3n) is 3.01. The van der Waals surface area contributed by atoms with Crippen molar-refractivity contribution in [3.63, 3.8) is 0 Å². The number of hydrogen-bond acceptors (Lipinski definition) is 5. The number of anilines is 1. The van der Waals surface area contributed by atoms with Crippen molar-refractivity contribution < 1.29 is 14.3 Å². The van der Waals surface area contributed by atoms with E-state index in [2.05, 4.69) is 10.3 Å². The van der Waals surface area contributed by atoms with Gasteiger partial charge in [-0.1, -0.05) is 6.07 Å². The van der Waals surface area contributed by atoms with E-state index in [9.17, 15) is 9.59 Å². The average molecular weight is 321 g/mol. The van der Waals surface area contributed by atoms with Gasteiger partial charge in [0.2, 0.25) is 0 Å². The molecule has 0 unspecified atom stereocenters. The molecule has 24 heavy (non-hydrogen) atoms. The minimum Gasteiger partial charge on any atom is -0.462 e. The summed E-state index contributed by atoms with van der Waals surface area (Å²) in [5, 5.41) is 11.8. The molecule has 0 bridgehead atoms. The van der Waals surface area contributed by atoms with Gasteiger partial charge < -0.3 is 10.1 Å². The molecule has 0 aliphatic carbocycles. The number of nitrogens with zero attached hydrogens (tertiary/aromatic N) is 2. The van der Waals surface area contributed by atoms with Crippen LogP contribution in [0.1, 0.15) is 22.8 Å². The largest absolute Gasteiger partial charge is 0.462 e. The first-order valence-electron chi connectivity index (χ1n) is 7.24. The Hall–Kier alpha value is -3.46. The summed E-state index contributed by atoms with van der Waals surface area (Å²) in [6, 6.07) is 11.6. The lowest BCUT2D eigenvalue weighted by Crippen LogP contribution is -2.13. The highest BCUT2D eigenvalue weighted by Gasteiger charge is 2.11. The second-order valence-electron chi connectivity index (χ2n) is 4.71. The summed E-state index contributed by atoms with van der Waals surface area (Å²) in [6.45, 7) is 2.02. The lowest BCUT2D eigenvalue weighted by molar-refractivity contribution is -0.112. The predicted octanol–water partition coefficient (Wildman–Crippen LogP) is 2.80. The van der Waals surface area contributed by atoms with E-state index in [0.29, 0.717) is 23.4 Å². The number of pyridine rings is 1. The SMILES string of the molecule is CCOC(=O)c1ccc(NC(=O)/C(C#N)=C/c2cccnc2)cc1. The fraction of sp³-hybridized carbons (Fsp3) is 0.111. The molecule has 6 heteroatoms. The Bertz CT molecular complexity index is 791. The van der Waals surface area contributed by atoms with Crippen molar-refractivity contribution in [2.75, 3.05) is 11.9 Å². The van der Waals surface area contributed by atoms with Crippen LogP contribution in [0.15, 0.2) is 54.4 Å². The number of rotatable bonds is 5. The fourth-order valence-electron chi connectivity index (χ4n) is 1.88. The van der Waals surface area contributed by atoms with Gasteiger partial charge in [0.05, 0.1) is 12.2 Å². The van der Waals surface area contributed by atoms with Gasteiger partial charge in [0, 0.05) is 18.1 Å². The van der Waals surface area contributed by atoms with Gasteiger partial charge in [-0.25, -0.2) is 4.79 Å². The van der Waals surface area contributed by atoms with Crippen molar-refractivity contribution in [2.24, 2.45) is 0 Å². The summed E-state index contributed by atoms with van der Waals surface area (Å²) in [5.41, 5.74) is 1.47. The molecule has 2 aromatic rings. The first kappa shape index (κ1) is 16.9. The van der Waals surface area contributed by atoms with Crippen LogP contribution in [0.5, 0.6) is 0 Å². The van der Waals surface area contributed by atoms with E-state index in [-0.39, 0.29) is 5.57 Å². The van der Waals surface area contributed by atoms with Crippen LogP contribution in [-0.4, -0.2) is 23.5 Å². The van der Waals surface area contributed by atoms with Crippen molar-refractivity contribution in [3.8, 4) is 6.07 Å². The van der Waals surface area contributed by atoms with Crippen LogP contribution in [0.4, 0.5) is 5.69 Å². The average Bonchev–Trinajstić information content (AvgIpc) is 2.61. The molecule has 0 radical (unpaired) electrons. The fourth-order valence-corrected chi connectivity index (χ4v) is 1.88. The maximum absolute atomic E-state index is 12.2. The molecule has 1 aromatic carbocycles. The first-order valence-corrected chi connectivity index (χ1v) is 7.24. The maximum atomic E-state index is 12.2. The lowest BCUT2D eigenvalue weighted by Gasteiger charge is -2.06. The van der Waals surface area contributed by atoms with Gasteiger partial charge in [-0.3, -0.25) is 9.78 Å². The Morgan fingerprint density at radius 3 is 2.62 bits per heavy atom. The number of carbonyl (C=O) groups excluding carboxylic acids is 2. The van der Waals surface area contributed by atoms with Crippen molar-refractivity contribution in [2.45, 2.75) is 6.92 Å². The third kappa shape index (κ3) is 4.52. The van der Waals surface area contributed by atoms with E-state index < -0.39 is 11.9 Å².